The third-order valence-corrected chi connectivity index (χ3v) is 5.34. The van der Waals surface area contributed by atoms with Gasteiger partial charge in [0.1, 0.15) is 10.7 Å². The number of carbonyl (C=O) groups is 1. The molecular formula is C21H23N3OS. The molecule has 1 heterocycles. The zero-order valence-electron chi connectivity index (χ0n) is 15.5. The summed E-state index contributed by atoms with van der Waals surface area (Å²) in [6, 6.07) is 12.2. The lowest BCUT2D eigenvalue weighted by Crippen LogP contribution is -2.07. The van der Waals surface area contributed by atoms with Gasteiger partial charge in [-0.3, -0.25) is 4.79 Å². The van der Waals surface area contributed by atoms with E-state index in [1.54, 1.807) is 0 Å². The zero-order chi connectivity index (χ0) is 18.8. The van der Waals surface area contributed by atoms with Crippen molar-refractivity contribution in [3.63, 3.8) is 0 Å². The Morgan fingerprint density at radius 1 is 1.15 bits per heavy atom. The number of nitrogens with two attached hydrogens (primary N) is 1. The van der Waals surface area contributed by atoms with Crippen LogP contribution >= 0.6 is 11.3 Å². The summed E-state index contributed by atoms with van der Waals surface area (Å²) in [5.74, 6) is 0.207. The van der Waals surface area contributed by atoms with Gasteiger partial charge in [0, 0.05) is 11.3 Å². The third-order valence-electron chi connectivity index (χ3n) is 4.35. The molecule has 134 valence electrons. The number of nitrogens with one attached hydrogen (secondary N) is 1. The highest BCUT2D eigenvalue weighted by atomic mass is 32.1. The number of carbonyl (C=O) groups excluding carboxylic acids is 1. The number of benzene rings is 2. The van der Waals surface area contributed by atoms with Gasteiger partial charge in [-0.05, 0) is 56.0 Å². The number of aromatic nitrogens is 1. The van der Waals surface area contributed by atoms with E-state index in [-0.39, 0.29) is 11.6 Å². The Morgan fingerprint density at radius 3 is 2.50 bits per heavy atom. The van der Waals surface area contributed by atoms with Crippen LogP contribution in [0.15, 0.2) is 36.4 Å². The Kier molecular flexibility index (Phi) is 5.09. The minimum atomic E-state index is -0.0645. The van der Waals surface area contributed by atoms with Crippen LogP contribution in [0.25, 0.3) is 0 Å². The highest BCUT2D eigenvalue weighted by Crippen LogP contribution is 2.31. The molecule has 0 bridgehead atoms. The van der Waals surface area contributed by atoms with Crippen molar-refractivity contribution in [1.82, 2.24) is 4.98 Å². The minimum absolute atomic E-state index is 0.0645. The Balaban J connectivity index is 1.92. The number of rotatable bonds is 5. The quantitative estimate of drug-likeness (QED) is 0.611. The summed E-state index contributed by atoms with van der Waals surface area (Å²) in [6.45, 7) is 8.06. The lowest BCUT2D eigenvalue weighted by molar-refractivity contribution is 0.104. The predicted molar refractivity (Wildman–Crippen MR) is 110 cm³/mol. The van der Waals surface area contributed by atoms with Gasteiger partial charge >= 0.3 is 0 Å². The van der Waals surface area contributed by atoms with Crippen molar-refractivity contribution in [3.8, 4) is 0 Å². The number of aryl methyl sites for hydroxylation is 4. The van der Waals surface area contributed by atoms with Crippen LogP contribution in [-0.4, -0.2) is 10.8 Å². The number of hydrogen-bond donors (Lipinski definition) is 2. The van der Waals surface area contributed by atoms with E-state index in [0.717, 1.165) is 28.8 Å². The molecule has 26 heavy (non-hydrogen) atoms. The Labute approximate surface area is 158 Å². The van der Waals surface area contributed by atoms with E-state index in [4.69, 9.17) is 5.73 Å². The molecule has 3 N–H and O–H groups in total. The number of thiazole rings is 1. The van der Waals surface area contributed by atoms with Gasteiger partial charge in [-0.2, -0.15) is 0 Å². The summed E-state index contributed by atoms with van der Waals surface area (Å²) in [5, 5.41) is 3.89. The molecule has 0 saturated carbocycles. The Hall–Kier alpha value is -2.66. The van der Waals surface area contributed by atoms with E-state index >= 15 is 0 Å². The minimum Gasteiger partial charge on any atom is -0.382 e. The molecule has 4 nitrogen and oxygen atoms in total. The fourth-order valence-corrected chi connectivity index (χ4v) is 4.04. The maximum atomic E-state index is 13.0. The molecule has 1 aromatic heterocycles. The molecule has 0 saturated heterocycles. The summed E-state index contributed by atoms with van der Waals surface area (Å²) < 4.78 is 0. The number of nitrogen functional groups attached to an aromatic ring is 1. The van der Waals surface area contributed by atoms with Crippen LogP contribution < -0.4 is 11.1 Å². The van der Waals surface area contributed by atoms with E-state index < -0.39 is 0 Å². The first-order chi connectivity index (χ1) is 12.4. The fraction of sp³-hybridized carbons (Fsp3) is 0.238. The average Bonchev–Trinajstić information content (AvgIpc) is 2.94. The van der Waals surface area contributed by atoms with Crippen molar-refractivity contribution in [2.45, 2.75) is 34.1 Å². The number of hydrogen-bond acceptors (Lipinski definition) is 5. The van der Waals surface area contributed by atoms with E-state index in [2.05, 4.69) is 29.4 Å². The van der Waals surface area contributed by atoms with Crippen molar-refractivity contribution in [3.05, 3.63) is 69.1 Å². The predicted octanol–water partition coefficient (Wildman–Crippen LogP) is 5.19. The molecule has 0 unspecified atom stereocenters. The Morgan fingerprint density at radius 2 is 1.85 bits per heavy atom. The van der Waals surface area contributed by atoms with Gasteiger partial charge < -0.3 is 11.1 Å². The standard InChI is InChI=1S/C21H23N3OS/c1-5-15-7-6-8-16(11-15)23-21-24-20(22)19(26-21)18(25)17-13(3)9-12(2)10-14(17)4/h6-11H,5,22H2,1-4H3,(H,23,24). The molecule has 0 atom stereocenters. The smallest absolute Gasteiger partial charge is 0.207 e. The topological polar surface area (TPSA) is 68.0 Å². The second-order valence-electron chi connectivity index (χ2n) is 6.52. The van der Waals surface area contributed by atoms with Crippen LogP contribution in [0.5, 0.6) is 0 Å². The molecule has 0 aliphatic rings. The largest absolute Gasteiger partial charge is 0.382 e. The van der Waals surface area contributed by atoms with Crippen molar-refractivity contribution < 1.29 is 4.79 Å². The van der Waals surface area contributed by atoms with Gasteiger partial charge in [-0.15, -0.1) is 0 Å². The van der Waals surface area contributed by atoms with Crippen LogP contribution in [0, 0.1) is 20.8 Å². The molecule has 0 fully saturated rings. The van der Waals surface area contributed by atoms with Gasteiger partial charge in [0.05, 0.1) is 0 Å². The molecule has 0 aliphatic carbocycles. The SMILES string of the molecule is CCc1cccc(Nc2nc(N)c(C(=O)c3c(C)cc(C)cc3C)s2)c1. The molecule has 2 aromatic carbocycles. The van der Waals surface area contributed by atoms with Crippen molar-refractivity contribution in [1.29, 1.82) is 0 Å². The maximum Gasteiger partial charge on any atom is 0.207 e. The molecule has 0 aliphatic heterocycles. The van der Waals surface area contributed by atoms with Gasteiger partial charge in [0.15, 0.2) is 5.13 Å². The van der Waals surface area contributed by atoms with Crippen molar-refractivity contribution in [2.75, 3.05) is 11.1 Å². The summed E-state index contributed by atoms with van der Waals surface area (Å²) in [5.41, 5.74) is 12.0. The van der Waals surface area contributed by atoms with Crippen LogP contribution in [0.4, 0.5) is 16.6 Å². The first-order valence-electron chi connectivity index (χ1n) is 8.63. The fourth-order valence-electron chi connectivity index (χ4n) is 3.19. The van der Waals surface area contributed by atoms with E-state index in [1.807, 2.05) is 45.0 Å². The number of nitrogens with zero attached hydrogens (tertiary/aromatic N) is 1. The summed E-state index contributed by atoms with van der Waals surface area (Å²) >= 11 is 1.30. The monoisotopic (exact) mass is 365 g/mol. The Bertz CT molecular complexity index is 952. The second-order valence-corrected chi connectivity index (χ2v) is 7.51. The lowest BCUT2D eigenvalue weighted by atomic mass is 9.96. The van der Waals surface area contributed by atoms with Gasteiger partial charge in [0.2, 0.25) is 5.78 Å². The van der Waals surface area contributed by atoms with Crippen LogP contribution in [0.3, 0.4) is 0 Å². The second kappa shape index (κ2) is 7.30. The summed E-state index contributed by atoms with van der Waals surface area (Å²) in [4.78, 5) is 17.9. The van der Waals surface area contributed by atoms with Crippen LogP contribution in [0.1, 0.15) is 44.4 Å². The zero-order valence-corrected chi connectivity index (χ0v) is 16.3. The first-order valence-corrected chi connectivity index (χ1v) is 9.45. The average molecular weight is 366 g/mol. The molecule has 0 radical (unpaired) electrons. The number of anilines is 3. The molecule has 0 spiro atoms. The van der Waals surface area contributed by atoms with Gasteiger partial charge in [0.25, 0.3) is 0 Å². The number of ketones is 1. The molecule has 0 amide bonds. The van der Waals surface area contributed by atoms with E-state index in [0.29, 0.717) is 15.6 Å². The van der Waals surface area contributed by atoms with Gasteiger partial charge in [-0.25, -0.2) is 4.98 Å². The molecular weight excluding hydrogens is 342 g/mol. The highest BCUT2D eigenvalue weighted by Gasteiger charge is 2.21. The summed E-state index contributed by atoms with van der Waals surface area (Å²) in [6.07, 6.45) is 0.964. The molecule has 5 heteroatoms. The first kappa shape index (κ1) is 18.1. The highest BCUT2D eigenvalue weighted by molar-refractivity contribution is 7.18. The third kappa shape index (κ3) is 3.63. The lowest BCUT2D eigenvalue weighted by Gasteiger charge is -2.09. The van der Waals surface area contributed by atoms with Gasteiger partial charge in [-0.1, -0.05) is 48.1 Å². The summed E-state index contributed by atoms with van der Waals surface area (Å²) in [7, 11) is 0. The molecule has 3 aromatic rings. The van der Waals surface area contributed by atoms with Crippen molar-refractivity contribution in [2.24, 2.45) is 0 Å². The maximum absolute atomic E-state index is 13.0. The normalized spacial score (nSPS) is 10.8. The van der Waals surface area contributed by atoms with Crippen molar-refractivity contribution >= 4 is 33.8 Å². The molecule has 3 rings (SSSR count). The van der Waals surface area contributed by atoms with E-state index in [9.17, 15) is 4.79 Å². The van der Waals surface area contributed by atoms with E-state index in [1.165, 1.54) is 16.9 Å². The van der Waals surface area contributed by atoms with Crippen LogP contribution in [-0.2, 0) is 6.42 Å². The van der Waals surface area contributed by atoms with Crippen LogP contribution in [0.2, 0.25) is 0 Å².